The highest BCUT2D eigenvalue weighted by atomic mass is 32.2. The lowest BCUT2D eigenvalue weighted by molar-refractivity contribution is -0.912. The number of hydrogen-bond acceptors (Lipinski definition) is 4. The molecule has 29 heavy (non-hydrogen) atoms. The van der Waals surface area contributed by atoms with Crippen LogP contribution >= 0.6 is 11.8 Å². The Bertz CT molecular complexity index is 890. The van der Waals surface area contributed by atoms with E-state index >= 15 is 0 Å². The fraction of sp³-hybridized carbons (Fsp3) is 0.304. The number of ether oxygens (including phenoxy) is 1. The molecule has 2 saturated heterocycles. The third kappa shape index (κ3) is 5.08. The lowest BCUT2D eigenvalue weighted by atomic mass is 10.1. The van der Waals surface area contributed by atoms with Crippen molar-refractivity contribution in [3.63, 3.8) is 0 Å². The van der Waals surface area contributed by atoms with Crippen LogP contribution in [0, 0.1) is 0 Å². The second-order valence-electron chi connectivity index (χ2n) is 7.42. The largest absolute Gasteiger partial charge is 0.489 e. The highest BCUT2D eigenvalue weighted by molar-refractivity contribution is 8.18. The SMILES string of the molecule is O=C1S/C(=C/c2ccc(OCc3ccccc3)cc2)C(=O)N1C[NH+]1CCCCC1. The van der Waals surface area contributed by atoms with Crippen LogP contribution in [0.25, 0.3) is 6.08 Å². The number of likely N-dealkylation sites (tertiary alicyclic amines) is 1. The van der Waals surface area contributed by atoms with Gasteiger partial charge < -0.3 is 9.64 Å². The van der Waals surface area contributed by atoms with Gasteiger partial charge >= 0.3 is 0 Å². The predicted molar refractivity (Wildman–Crippen MR) is 114 cm³/mol. The van der Waals surface area contributed by atoms with Gasteiger partial charge in [-0.25, -0.2) is 4.90 Å². The van der Waals surface area contributed by atoms with Gasteiger partial charge in [-0.2, -0.15) is 0 Å². The first kappa shape index (κ1) is 19.7. The van der Waals surface area contributed by atoms with Crippen molar-refractivity contribution in [1.29, 1.82) is 0 Å². The summed E-state index contributed by atoms with van der Waals surface area (Å²) >= 11 is 1.03. The number of nitrogens with one attached hydrogen (secondary N) is 1. The minimum Gasteiger partial charge on any atom is -0.489 e. The van der Waals surface area contributed by atoms with Crippen LogP contribution in [-0.2, 0) is 11.4 Å². The van der Waals surface area contributed by atoms with E-state index in [2.05, 4.69) is 0 Å². The van der Waals surface area contributed by atoms with E-state index < -0.39 is 0 Å². The number of hydrogen-bond donors (Lipinski definition) is 1. The molecule has 2 fully saturated rings. The molecule has 2 heterocycles. The van der Waals surface area contributed by atoms with E-state index in [4.69, 9.17) is 4.74 Å². The molecule has 0 bridgehead atoms. The number of rotatable bonds is 6. The van der Waals surface area contributed by atoms with Gasteiger partial charge in [0.05, 0.1) is 18.0 Å². The van der Waals surface area contributed by atoms with E-state index in [1.807, 2.05) is 54.6 Å². The van der Waals surface area contributed by atoms with Crippen LogP contribution < -0.4 is 9.64 Å². The van der Waals surface area contributed by atoms with Crippen molar-refractivity contribution < 1.29 is 19.2 Å². The van der Waals surface area contributed by atoms with E-state index in [-0.39, 0.29) is 11.1 Å². The molecular formula is C23H25N2O3S+. The van der Waals surface area contributed by atoms with Crippen LogP contribution in [-0.4, -0.2) is 35.8 Å². The fourth-order valence-corrected chi connectivity index (χ4v) is 4.46. The van der Waals surface area contributed by atoms with E-state index in [0.717, 1.165) is 41.7 Å². The molecule has 0 aromatic heterocycles. The first-order valence-corrected chi connectivity index (χ1v) is 10.9. The third-order valence-corrected chi connectivity index (χ3v) is 6.15. The molecule has 2 amide bonds. The molecular weight excluding hydrogens is 384 g/mol. The molecule has 5 nitrogen and oxygen atoms in total. The van der Waals surface area contributed by atoms with Gasteiger partial charge in [0.25, 0.3) is 11.1 Å². The number of carbonyl (C=O) groups excluding carboxylic acids is 2. The van der Waals surface area contributed by atoms with Gasteiger partial charge in [0.2, 0.25) is 0 Å². The summed E-state index contributed by atoms with van der Waals surface area (Å²) in [4.78, 5) is 28.2. The van der Waals surface area contributed by atoms with Gasteiger partial charge in [-0.05, 0) is 60.4 Å². The standard InChI is InChI=1S/C23H24N2O3S/c26-22-21(29-23(27)25(22)17-24-13-5-2-6-14-24)15-18-9-11-20(12-10-18)28-16-19-7-3-1-4-8-19/h1,3-4,7-12,15H,2,5-6,13-14,16-17H2/p+1/b21-15+. The Morgan fingerprint density at radius 2 is 1.69 bits per heavy atom. The van der Waals surface area contributed by atoms with Crippen LogP contribution in [0.5, 0.6) is 5.75 Å². The minimum absolute atomic E-state index is 0.165. The van der Waals surface area contributed by atoms with Crippen LogP contribution in [0.2, 0.25) is 0 Å². The number of imide groups is 1. The van der Waals surface area contributed by atoms with Crippen molar-refractivity contribution in [2.75, 3.05) is 19.8 Å². The number of quaternary nitrogens is 1. The van der Waals surface area contributed by atoms with Crippen molar-refractivity contribution >= 4 is 29.0 Å². The van der Waals surface area contributed by atoms with E-state index in [0.29, 0.717) is 18.2 Å². The van der Waals surface area contributed by atoms with E-state index in [1.54, 1.807) is 6.08 Å². The second kappa shape index (κ2) is 9.29. The van der Waals surface area contributed by atoms with Crippen LogP contribution in [0.1, 0.15) is 30.4 Å². The Hall–Kier alpha value is -2.57. The number of benzene rings is 2. The van der Waals surface area contributed by atoms with Crippen molar-refractivity contribution in [1.82, 2.24) is 4.90 Å². The van der Waals surface area contributed by atoms with Crippen LogP contribution in [0.4, 0.5) is 4.79 Å². The summed E-state index contributed by atoms with van der Waals surface area (Å²) in [5.74, 6) is 0.593. The Morgan fingerprint density at radius 1 is 0.966 bits per heavy atom. The molecule has 0 aliphatic carbocycles. The molecule has 2 aromatic rings. The Labute approximate surface area is 175 Å². The molecule has 2 aromatic carbocycles. The molecule has 2 aliphatic rings. The number of thioether (sulfide) groups is 1. The summed E-state index contributed by atoms with van der Waals surface area (Å²) in [6.07, 6.45) is 5.37. The monoisotopic (exact) mass is 409 g/mol. The maximum atomic E-state index is 12.7. The molecule has 1 N–H and O–H groups in total. The van der Waals surface area contributed by atoms with Crippen molar-refractivity contribution in [2.45, 2.75) is 25.9 Å². The van der Waals surface area contributed by atoms with Crippen molar-refractivity contribution in [3.8, 4) is 5.75 Å². The zero-order chi connectivity index (χ0) is 20.1. The predicted octanol–water partition coefficient (Wildman–Crippen LogP) is 3.33. The highest BCUT2D eigenvalue weighted by Gasteiger charge is 2.37. The van der Waals surface area contributed by atoms with Gasteiger partial charge in [0.15, 0.2) is 6.67 Å². The zero-order valence-electron chi connectivity index (χ0n) is 16.3. The first-order valence-electron chi connectivity index (χ1n) is 10.0. The second-order valence-corrected chi connectivity index (χ2v) is 8.42. The summed E-state index contributed by atoms with van der Waals surface area (Å²) in [7, 11) is 0. The Kier molecular flexibility index (Phi) is 6.32. The van der Waals surface area contributed by atoms with Crippen molar-refractivity contribution in [2.24, 2.45) is 0 Å². The Balaban J connectivity index is 1.37. The molecule has 0 atom stereocenters. The lowest BCUT2D eigenvalue weighted by Gasteiger charge is -2.26. The quantitative estimate of drug-likeness (QED) is 0.744. The molecule has 150 valence electrons. The minimum atomic E-state index is -0.178. The summed E-state index contributed by atoms with van der Waals surface area (Å²) in [6.45, 7) is 3.06. The molecule has 0 radical (unpaired) electrons. The molecule has 0 unspecified atom stereocenters. The van der Waals surface area contributed by atoms with Crippen molar-refractivity contribution in [3.05, 3.63) is 70.6 Å². The van der Waals surface area contributed by atoms with Gasteiger partial charge in [0, 0.05) is 0 Å². The van der Waals surface area contributed by atoms with Gasteiger partial charge in [-0.15, -0.1) is 0 Å². The Morgan fingerprint density at radius 3 is 2.41 bits per heavy atom. The third-order valence-electron chi connectivity index (χ3n) is 5.24. The number of carbonyl (C=O) groups is 2. The topological polar surface area (TPSA) is 51.1 Å². The molecule has 4 rings (SSSR count). The smallest absolute Gasteiger partial charge is 0.298 e. The maximum absolute atomic E-state index is 12.7. The average Bonchev–Trinajstić information content (AvgIpc) is 3.02. The van der Waals surface area contributed by atoms with E-state index in [9.17, 15) is 9.59 Å². The average molecular weight is 410 g/mol. The number of amides is 2. The summed E-state index contributed by atoms with van der Waals surface area (Å²) < 4.78 is 5.80. The first-order chi connectivity index (χ1) is 14.2. The molecule has 6 heteroatoms. The van der Waals surface area contributed by atoms with E-state index in [1.165, 1.54) is 29.1 Å². The maximum Gasteiger partial charge on any atom is 0.298 e. The number of piperidine rings is 1. The van der Waals surface area contributed by atoms with Gasteiger partial charge in [-0.1, -0.05) is 42.5 Å². The summed E-state index contributed by atoms with van der Waals surface area (Å²) in [6, 6.07) is 17.6. The lowest BCUT2D eigenvalue weighted by Crippen LogP contribution is -3.14. The summed E-state index contributed by atoms with van der Waals surface area (Å²) in [5.41, 5.74) is 1.99. The van der Waals surface area contributed by atoms with Crippen LogP contribution in [0.3, 0.4) is 0 Å². The zero-order valence-corrected chi connectivity index (χ0v) is 17.1. The van der Waals surface area contributed by atoms with Gasteiger partial charge in [0.1, 0.15) is 12.4 Å². The normalized spacial score (nSPS) is 19.2. The van der Waals surface area contributed by atoms with Crippen LogP contribution in [0.15, 0.2) is 59.5 Å². The highest BCUT2D eigenvalue weighted by Crippen LogP contribution is 2.31. The molecule has 2 aliphatic heterocycles. The summed E-state index contributed by atoms with van der Waals surface area (Å²) in [5, 5.41) is -0.165. The molecule has 0 spiro atoms. The molecule has 0 saturated carbocycles. The van der Waals surface area contributed by atoms with Gasteiger partial charge in [-0.3, -0.25) is 9.59 Å². The number of nitrogens with zero attached hydrogens (tertiary/aromatic N) is 1. The fourth-order valence-electron chi connectivity index (χ4n) is 3.62.